The Bertz CT molecular complexity index is 922. The van der Waals surface area contributed by atoms with Gasteiger partial charge in [-0.3, -0.25) is 0 Å². The molecular formula is C13H10FN3O2S2. The van der Waals surface area contributed by atoms with Crippen LogP contribution in [0.3, 0.4) is 0 Å². The molecule has 3 N–H and O–H groups in total. The zero-order valence-corrected chi connectivity index (χ0v) is 12.2. The van der Waals surface area contributed by atoms with Crippen molar-refractivity contribution in [2.75, 3.05) is 5.32 Å². The number of hydrogen-bond donors (Lipinski definition) is 2. The number of fused-ring (bicyclic) bond motifs is 1. The summed E-state index contributed by atoms with van der Waals surface area (Å²) in [6, 6.07) is 10.4. The number of primary sulfonamides is 1. The van der Waals surface area contributed by atoms with Gasteiger partial charge in [-0.1, -0.05) is 17.4 Å². The summed E-state index contributed by atoms with van der Waals surface area (Å²) in [5.41, 5.74) is 1.22. The van der Waals surface area contributed by atoms with Gasteiger partial charge in [0.25, 0.3) is 0 Å². The van der Waals surface area contributed by atoms with E-state index in [0.29, 0.717) is 21.0 Å². The van der Waals surface area contributed by atoms with Gasteiger partial charge in [0.1, 0.15) is 5.82 Å². The molecule has 0 aliphatic rings. The third-order valence-electron chi connectivity index (χ3n) is 2.76. The molecule has 0 aliphatic heterocycles. The molecular weight excluding hydrogens is 313 g/mol. The Morgan fingerprint density at radius 2 is 2.00 bits per heavy atom. The fraction of sp³-hybridized carbons (Fsp3) is 0. The number of nitrogens with zero attached hydrogens (tertiary/aromatic N) is 1. The highest BCUT2D eigenvalue weighted by atomic mass is 32.2. The van der Waals surface area contributed by atoms with Crippen molar-refractivity contribution in [3.63, 3.8) is 0 Å². The lowest BCUT2D eigenvalue weighted by Gasteiger charge is -2.04. The lowest BCUT2D eigenvalue weighted by molar-refractivity contribution is 0.598. The lowest BCUT2D eigenvalue weighted by Crippen LogP contribution is -2.12. The highest BCUT2D eigenvalue weighted by Gasteiger charge is 2.09. The molecule has 0 unspecified atom stereocenters. The van der Waals surface area contributed by atoms with E-state index in [9.17, 15) is 12.8 Å². The zero-order chi connectivity index (χ0) is 15.0. The first kappa shape index (κ1) is 13.9. The molecule has 108 valence electrons. The van der Waals surface area contributed by atoms with Crippen LogP contribution in [0.2, 0.25) is 0 Å². The minimum Gasteiger partial charge on any atom is -0.331 e. The van der Waals surface area contributed by atoms with E-state index in [4.69, 9.17) is 5.14 Å². The van der Waals surface area contributed by atoms with E-state index in [0.717, 1.165) is 0 Å². The molecule has 0 radical (unpaired) electrons. The number of hydrogen-bond acceptors (Lipinski definition) is 5. The van der Waals surface area contributed by atoms with Gasteiger partial charge in [0.05, 0.1) is 15.1 Å². The third kappa shape index (κ3) is 3.02. The fourth-order valence-corrected chi connectivity index (χ4v) is 3.30. The molecule has 21 heavy (non-hydrogen) atoms. The standard InChI is InChI=1S/C13H10FN3O2S2/c14-8-4-5-11-12(6-8)20-13(17-11)16-9-2-1-3-10(7-9)21(15,18)19/h1-7H,(H,16,17)(H2,15,18,19). The Morgan fingerprint density at radius 1 is 1.19 bits per heavy atom. The molecule has 0 saturated carbocycles. The van der Waals surface area contributed by atoms with Gasteiger partial charge in [-0.15, -0.1) is 0 Å². The molecule has 1 heterocycles. The summed E-state index contributed by atoms with van der Waals surface area (Å²) in [7, 11) is -3.75. The third-order valence-corrected chi connectivity index (χ3v) is 4.61. The molecule has 3 rings (SSSR count). The minimum absolute atomic E-state index is 0.0136. The molecule has 1 aromatic heterocycles. The van der Waals surface area contributed by atoms with Crippen LogP contribution in [-0.2, 0) is 10.0 Å². The number of nitrogens with two attached hydrogens (primary N) is 1. The van der Waals surface area contributed by atoms with Crippen molar-refractivity contribution in [3.05, 3.63) is 48.3 Å². The van der Waals surface area contributed by atoms with Crippen molar-refractivity contribution < 1.29 is 12.8 Å². The van der Waals surface area contributed by atoms with E-state index < -0.39 is 10.0 Å². The van der Waals surface area contributed by atoms with Crippen LogP contribution in [-0.4, -0.2) is 13.4 Å². The van der Waals surface area contributed by atoms with Gasteiger partial charge in [-0.05, 0) is 36.4 Å². The maximum Gasteiger partial charge on any atom is 0.238 e. The van der Waals surface area contributed by atoms with Gasteiger partial charge in [0.2, 0.25) is 10.0 Å². The van der Waals surface area contributed by atoms with Crippen molar-refractivity contribution in [1.82, 2.24) is 4.98 Å². The number of halogens is 1. The number of thiazole rings is 1. The summed E-state index contributed by atoms with van der Waals surface area (Å²) in [5.74, 6) is -0.325. The van der Waals surface area contributed by atoms with Crippen LogP contribution in [0, 0.1) is 5.82 Å². The quantitative estimate of drug-likeness (QED) is 0.776. The molecule has 0 bridgehead atoms. The van der Waals surface area contributed by atoms with Crippen LogP contribution in [0.4, 0.5) is 15.2 Å². The first-order valence-corrected chi connectivity index (χ1v) is 8.24. The SMILES string of the molecule is NS(=O)(=O)c1cccc(Nc2nc3ccc(F)cc3s2)c1. The van der Waals surface area contributed by atoms with Gasteiger partial charge in [0, 0.05) is 5.69 Å². The van der Waals surface area contributed by atoms with Gasteiger partial charge in [-0.2, -0.15) is 0 Å². The lowest BCUT2D eigenvalue weighted by atomic mass is 10.3. The van der Waals surface area contributed by atoms with Crippen molar-refractivity contribution in [2.45, 2.75) is 4.90 Å². The smallest absolute Gasteiger partial charge is 0.238 e. The second-order valence-corrected chi connectivity index (χ2v) is 6.92. The van der Waals surface area contributed by atoms with Gasteiger partial charge in [-0.25, -0.2) is 22.9 Å². The largest absolute Gasteiger partial charge is 0.331 e. The number of nitrogens with one attached hydrogen (secondary N) is 1. The summed E-state index contributed by atoms with van der Waals surface area (Å²) < 4.78 is 36.5. The minimum atomic E-state index is -3.75. The van der Waals surface area contributed by atoms with Crippen LogP contribution in [0.25, 0.3) is 10.2 Å². The Balaban J connectivity index is 1.95. The number of rotatable bonds is 3. The first-order valence-electron chi connectivity index (χ1n) is 5.88. The summed E-state index contributed by atoms with van der Waals surface area (Å²) in [6.07, 6.45) is 0. The van der Waals surface area contributed by atoms with Crippen LogP contribution in [0.1, 0.15) is 0 Å². The normalized spacial score (nSPS) is 11.7. The van der Waals surface area contributed by atoms with Crippen LogP contribution in [0.15, 0.2) is 47.4 Å². The van der Waals surface area contributed by atoms with Crippen LogP contribution < -0.4 is 10.5 Å². The summed E-state index contributed by atoms with van der Waals surface area (Å²) in [4.78, 5) is 4.31. The van der Waals surface area contributed by atoms with E-state index in [1.165, 1.54) is 35.6 Å². The van der Waals surface area contributed by atoms with Gasteiger partial charge in [0.15, 0.2) is 5.13 Å². The molecule has 5 nitrogen and oxygen atoms in total. The summed E-state index contributed by atoms with van der Waals surface area (Å²) in [6.45, 7) is 0. The fourth-order valence-electron chi connectivity index (χ4n) is 1.83. The van der Waals surface area contributed by atoms with E-state index in [1.807, 2.05) is 0 Å². The molecule has 0 fully saturated rings. The maximum atomic E-state index is 13.1. The summed E-state index contributed by atoms with van der Waals surface area (Å²) in [5, 5.41) is 8.62. The van der Waals surface area contributed by atoms with Crippen LogP contribution >= 0.6 is 11.3 Å². The summed E-state index contributed by atoms with van der Waals surface area (Å²) >= 11 is 1.28. The van der Waals surface area contributed by atoms with Crippen LogP contribution in [0.5, 0.6) is 0 Å². The number of aromatic nitrogens is 1. The highest BCUT2D eigenvalue weighted by Crippen LogP contribution is 2.29. The highest BCUT2D eigenvalue weighted by molar-refractivity contribution is 7.89. The second kappa shape index (κ2) is 5.06. The molecule has 0 atom stereocenters. The Morgan fingerprint density at radius 3 is 2.76 bits per heavy atom. The molecule has 0 spiro atoms. The Kier molecular flexibility index (Phi) is 3.36. The first-order chi connectivity index (χ1) is 9.91. The zero-order valence-electron chi connectivity index (χ0n) is 10.6. The average molecular weight is 323 g/mol. The van der Waals surface area contributed by atoms with Gasteiger partial charge < -0.3 is 5.32 Å². The monoisotopic (exact) mass is 323 g/mol. The second-order valence-electron chi connectivity index (χ2n) is 4.33. The topological polar surface area (TPSA) is 85.1 Å². The predicted octanol–water partition coefficient (Wildman–Crippen LogP) is 2.83. The van der Waals surface area contributed by atoms with Gasteiger partial charge >= 0.3 is 0 Å². The maximum absolute atomic E-state index is 13.1. The number of anilines is 2. The van der Waals surface area contributed by atoms with Crippen molar-refractivity contribution in [1.29, 1.82) is 0 Å². The molecule has 0 aliphatic carbocycles. The van der Waals surface area contributed by atoms with E-state index >= 15 is 0 Å². The average Bonchev–Trinajstić information content (AvgIpc) is 2.79. The molecule has 2 aromatic carbocycles. The molecule has 3 aromatic rings. The van der Waals surface area contributed by atoms with Crippen molar-refractivity contribution in [3.8, 4) is 0 Å². The predicted molar refractivity (Wildman–Crippen MR) is 80.7 cm³/mol. The molecule has 0 saturated heterocycles. The number of sulfonamides is 1. The van der Waals surface area contributed by atoms with E-state index in [2.05, 4.69) is 10.3 Å². The van der Waals surface area contributed by atoms with E-state index in [1.54, 1.807) is 18.2 Å². The number of benzene rings is 2. The Labute approximate surface area is 124 Å². The van der Waals surface area contributed by atoms with Crippen molar-refractivity contribution >= 4 is 42.4 Å². The Hall–Kier alpha value is -2.03. The molecule has 0 amide bonds. The van der Waals surface area contributed by atoms with Crippen molar-refractivity contribution in [2.24, 2.45) is 5.14 Å². The van der Waals surface area contributed by atoms with E-state index in [-0.39, 0.29) is 10.7 Å². The molecule has 8 heteroatoms.